The molecule has 2 N–H and O–H groups in total. The van der Waals surface area contributed by atoms with E-state index in [1.165, 1.54) is 6.20 Å². The van der Waals surface area contributed by atoms with Crippen molar-refractivity contribution in [1.82, 2.24) is 4.98 Å². The largest absolute Gasteiger partial charge is 0.395 e. The quantitative estimate of drug-likeness (QED) is 0.825. The number of anilines is 1. The first kappa shape index (κ1) is 14.8. The lowest BCUT2D eigenvalue weighted by Gasteiger charge is -2.12. The number of nitrogens with zero attached hydrogens (tertiary/aromatic N) is 1. The number of pyridine rings is 1. The Balaban J connectivity index is 2.10. The van der Waals surface area contributed by atoms with Crippen LogP contribution >= 0.6 is 0 Å². The molecule has 1 aromatic heterocycles. The number of aromatic nitrogens is 1. The van der Waals surface area contributed by atoms with Crippen LogP contribution in [0.3, 0.4) is 0 Å². The Kier molecular flexibility index (Phi) is 4.99. The fourth-order valence-corrected chi connectivity index (χ4v) is 3.74. The molecule has 0 atom stereocenters. The Morgan fingerprint density at radius 3 is 2.85 bits per heavy atom. The molecule has 1 saturated carbocycles. The molecule has 1 aromatic rings. The van der Waals surface area contributed by atoms with E-state index in [4.69, 9.17) is 5.11 Å². The number of aliphatic hydroxyl groups is 1. The van der Waals surface area contributed by atoms with Crippen molar-refractivity contribution in [3.8, 4) is 11.8 Å². The van der Waals surface area contributed by atoms with E-state index < -0.39 is 10.0 Å². The van der Waals surface area contributed by atoms with E-state index >= 15 is 0 Å². The van der Waals surface area contributed by atoms with Crippen molar-refractivity contribution in [2.24, 2.45) is 0 Å². The summed E-state index contributed by atoms with van der Waals surface area (Å²) in [7, 11) is -3.36. The van der Waals surface area contributed by atoms with Crippen LogP contribution in [0.15, 0.2) is 18.3 Å². The number of sulfonamides is 1. The zero-order valence-electron chi connectivity index (χ0n) is 11.2. The van der Waals surface area contributed by atoms with Crippen LogP contribution in [0.2, 0.25) is 0 Å². The van der Waals surface area contributed by atoms with Crippen LogP contribution in [0.1, 0.15) is 37.7 Å². The Bertz CT molecular complexity index is 611. The summed E-state index contributed by atoms with van der Waals surface area (Å²) in [4.78, 5) is 4.02. The van der Waals surface area contributed by atoms with Crippen molar-refractivity contribution in [2.75, 3.05) is 11.3 Å². The second-order valence-corrected chi connectivity index (χ2v) is 6.72. The summed E-state index contributed by atoms with van der Waals surface area (Å²) in [5.41, 5.74) is 0.678. The lowest BCUT2D eigenvalue weighted by Crippen LogP contribution is -2.25. The fraction of sp³-hybridized carbons (Fsp3) is 0.500. The Morgan fingerprint density at radius 2 is 2.15 bits per heavy atom. The number of nitrogens with one attached hydrogen (secondary N) is 1. The maximum atomic E-state index is 12.2. The van der Waals surface area contributed by atoms with E-state index in [0.29, 0.717) is 30.6 Å². The molecule has 0 bridgehead atoms. The van der Waals surface area contributed by atoms with Gasteiger partial charge in [-0.3, -0.25) is 4.72 Å². The van der Waals surface area contributed by atoms with E-state index in [0.717, 1.165) is 12.8 Å². The molecule has 0 unspecified atom stereocenters. The first-order valence-electron chi connectivity index (χ1n) is 6.69. The molecule has 0 saturated heterocycles. The van der Waals surface area contributed by atoms with Gasteiger partial charge in [0.1, 0.15) is 5.82 Å². The van der Waals surface area contributed by atoms with Gasteiger partial charge in [0, 0.05) is 18.2 Å². The van der Waals surface area contributed by atoms with Crippen molar-refractivity contribution in [1.29, 1.82) is 0 Å². The standard InChI is InChI=1S/C14H18N2O3S/c17-10-4-3-5-12-8-9-15-14(11-12)16-20(18,19)13-6-1-2-7-13/h8-9,11,13,17H,1-2,4,6-7,10H2,(H,15,16). The second-order valence-electron chi connectivity index (χ2n) is 4.76. The number of hydrogen-bond donors (Lipinski definition) is 2. The third kappa shape index (κ3) is 3.95. The third-order valence-electron chi connectivity index (χ3n) is 3.22. The van der Waals surface area contributed by atoms with Gasteiger partial charge in [-0.2, -0.15) is 0 Å². The van der Waals surface area contributed by atoms with Crippen molar-refractivity contribution in [3.63, 3.8) is 0 Å². The maximum absolute atomic E-state index is 12.2. The van der Waals surface area contributed by atoms with E-state index in [9.17, 15) is 8.42 Å². The molecule has 1 heterocycles. The van der Waals surface area contributed by atoms with Crippen LogP contribution in [0.5, 0.6) is 0 Å². The van der Waals surface area contributed by atoms with Crippen LogP contribution < -0.4 is 4.72 Å². The lowest BCUT2D eigenvalue weighted by molar-refractivity contribution is 0.305. The number of hydrogen-bond acceptors (Lipinski definition) is 4. The lowest BCUT2D eigenvalue weighted by atomic mass is 10.2. The van der Waals surface area contributed by atoms with E-state index in [1.807, 2.05) is 0 Å². The number of aliphatic hydroxyl groups excluding tert-OH is 1. The highest BCUT2D eigenvalue weighted by molar-refractivity contribution is 7.93. The molecule has 0 aromatic carbocycles. The van der Waals surface area contributed by atoms with E-state index in [2.05, 4.69) is 21.5 Å². The van der Waals surface area contributed by atoms with Crippen molar-refractivity contribution in [2.45, 2.75) is 37.4 Å². The molecule has 20 heavy (non-hydrogen) atoms. The van der Waals surface area contributed by atoms with Crippen LogP contribution in [0.25, 0.3) is 0 Å². The summed E-state index contributed by atoms with van der Waals surface area (Å²) in [6.07, 6.45) is 5.27. The second kappa shape index (κ2) is 6.73. The Hall–Kier alpha value is -1.58. The zero-order chi connectivity index (χ0) is 14.4. The van der Waals surface area contributed by atoms with Gasteiger partial charge in [-0.05, 0) is 25.0 Å². The van der Waals surface area contributed by atoms with Gasteiger partial charge in [-0.15, -0.1) is 0 Å². The molecule has 0 aliphatic heterocycles. The predicted molar refractivity (Wildman–Crippen MR) is 77.6 cm³/mol. The van der Waals surface area contributed by atoms with Crippen LogP contribution in [-0.2, 0) is 10.0 Å². The highest BCUT2D eigenvalue weighted by Gasteiger charge is 2.28. The van der Waals surface area contributed by atoms with Gasteiger partial charge in [0.25, 0.3) is 0 Å². The first-order chi connectivity index (χ1) is 9.62. The molecule has 0 spiro atoms. The third-order valence-corrected chi connectivity index (χ3v) is 5.06. The zero-order valence-corrected chi connectivity index (χ0v) is 12.0. The molecule has 0 radical (unpaired) electrons. The van der Waals surface area contributed by atoms with Crippen molar-refractivity contribution in [3.05, 3.63) is 23.9 Å². The van der Waals surface area contributed by atoms with E-state index in [-0.39, 0.29) is 11.9 Å². The normalized spacial score (nSPS) is 15.7. The highest BCUT2D eigenvalue weighted by Crippen LogP contribution is 2.25. The summed E-state index contributed by atoms with van der Waals surface area (Å²) in [5.74, 6) is 5.95. The van der Waals surface area contributed by atoms with Crippen LogP contribution in [-0.4, -0.2) is 30.4 Å². The molecule has 1 aliphatic rings. The minimum atomic E-state index is -3.36. The van der Waals surface area contributed by atoms with Gasteiger partial charge >= 0.3 is 0 Å². The predicted octanol–water partition coefficient (Wildman–Crippen LogP) is 1.50. The molecular formula is C14H18N2O3S. The summed E-state index contributed by atoms with van der Waals surface area (Å²) in [6, 6.07) is 3.31. The SMILES string of the molecule is O=S(=O)(Nc1cc(C#CCCO)ccn1)C1CCCC1. The molecule has 5 nitrogen and oxygen atoms in total. The van der Waals surface area contributed by atoms with Crippen molar-refractivity contribution >= 4 is 15.8 Å². The van der Waals surface area contributed by atoms with Crippen LogP contribution in [0, 0.1) is 11.8 Å². The molecule has 108 valence electrons. The maximum Gasteiger partial charge on any atom is 0.236 e. The van der Waals surface area contributed by atoms with E-state index in [1.54, 1.807) is 12.1 Å². The average molecular weight is 294 g/mol. The van der Waals surface area contributed by atoms with Crippen molar-refractivity contribution < 1.29 is 13.5 Å². The summed E-state index contributed by atoms with van der Waals surface area (Å²) in [5, 5.41) is 8.35. The topological polar surface area (TPSA) is 79.3 Å². The summed E-state index contributed by atoms with van der Waals surface area (Å²) < 4.78 is 26.8. The van der Waals surface area contributed by atoms with Crippen LogP contribution in [0.4, 0.5) is 5.82 Å². The molecule has 2 rings (SSSR count). The minimum absolute atomic E-state index is 0.0131. The molecule has 6 heteroatoms. The summed E-state index contributed by atoms with van der Waals surface area (Å²) in [6.45, 7) is 0.0131. The molecule has 0 amide bonds. The van der Waals surface area contributed by atoms with Gasteiger partial charge in [0.2, 0.25) is 10.0 Å². The average Bonchev–Trinajstić information content (AvgIpc) is 2.94. The Labute approximate surface area is 119 Å². The van der Waals surface area contributed by atoms with Gasteiger partial charge in [-0.25, -0.2) is 13.4 Å². The van der Waals surface area contributed by atoms with Gasteiger partial charge in [0.15, 0.2) is 0 Å². The molecule has 1 aliphatic carbocycles. The molecule has 1 fully saturated rings. The highest BCUT2D eigenvalue weighted by atomic mass is 32.2. The Morgan fingerprint density at radius 1 is 1.40 bits per heavy atom. The smallest absolute Gasteiger partial charge is 0.236 e. The molecular weight excluding hydrogens is 276 g/mol. The fourth-order valence-electron chi connectivity index (χ4n) is 2.21. The first-order valence-corrected chi connectivity index (χ1v) is 8.24. The monoisotopic (exact) mass is 294 g/mol. The van der Waals surface area contributed by atoms with Gasteiger partial charge < -0.3 is 5.11 Å². The van der Waals surface area contributed by atoms with Gasteiger partial charge in [-0.1, -0.05) is 24.7 Å². The number of rotatable bonds is 4. The van der Waals surface area contributed by atoms with Gasteiger partial charge in [0.05, 0.1) is 11.9 Å². The summed E-state index contributed by atoms with van der Waals surface area (Å²) >= 11 is 0. The minimum Gasteiger partial charge on any atom is -0.395 e.